The molecule has 3 amide bonds. The number of nitrogens with one attached hydrogen (secondary N) is 1. The van der Waals surface area contributed by atoms with Crippen LogP contribution in [0.2, 0.25) is 0 Å². The van der Waals surface area contributed by atoms with Gasteiger partial charge in [-0.3, -0.25) is 4.79 Å². The van der Waals surface area contributed by atoms with Crippen molar-refractivity contribution in [2.24, 2.45) is 5.41 Å². The normalized spacial score (nSPS) is 19.1. The van der Waals surface area contributed by atoms with Gasteiger partial charge >= 0.3 is 12.2 Å². The standard InChI is InChI=1S/C13H23N3O5/c1-13(2,3)9-7-15(11(18)19)5-6-16(9)12(20)21-8-10(17)14-4/h9H,5-8H2,1-4H3,(H,14,17)(H,18,19). The lowest BCUT2D eigenvalue weighted by molar-refractivity contribution is -0.124. The maximum absolute atomic E-state index is 12.1. The summed E-state index contributed by atoms with van der Waals surface area (Å²) in [6, 6.07) is -0.306. The van der Waals surface area contributed by atoms with Crippen LogP contribution in [-0.4, -0.2) is 72.3 Å². The Hall–Kier alpha value is -1.99. The third kappa shape index (κ3) is 4.51. The molecule has 1 saturated heterocycles. The molecule has 0 aromatic heterocycles. The smallest absolute Gasteiger partial charge is 0.410 e. The van der Waals surface area contributed by atoms with Crippen molar-refractivity contribution in [1.82, 2.24) is 15.1 Å². The van der Waals surface area contributed by atoms with Crippen molar-refractivity contribution in [3.05, 3.63) is 0 Å². The van der Waals surface area contributed by atoms with Crippen LogP contribution in [0.25, 0.3) is 0 Å². The van der Waals surface area contributed by atoms with Gasteiger partial charge in [0.05, 0.1) is 6.04 Å². The van der Waals surface area contributed by atoms with Crippen LogP contribution < -0.4 is 5.32 Å². The minimum Gasteiger partial charge on any atom is -0.465 e. The molecule has 0 aromatic carbocycles. The van der Waals surface area contributed by atoms with E-state index in [0.717, 1.165) is 0 Å². The van der Waals surface area contributed by atoms with Crippen molar-refractivity contribution in [2.75, 3.05) is 33.3 Å². The van der Waals surface area contributed by atoms with E-state index < -0.39 is 12.2 Å². The summed E-state index contributed by atoms with van der Waals surface area (Å²) in [7, 11) is 1.46. The van der Waals surface area contributed by atoms with Crippen LogP contribution in [0.5, 0.6) is 0 Å². The highest BCUT2D eigenvalue weighted by molar-refractivity contribution is 5.80. The van der Waals surface area contributed by atoms with Gasteiger partial charge in [-0.25, -0.2) is 9.59 Å². The minimum absolute atomic E-state index is 0.230. The van der Waals surface area contributed by atoms with Crippen molar-refractivity contribution >= 4 is 18.1 Å². The zero-order valence-electron chi connectivity index (χ0n) is 12.9. The third-order valence-corrected chi connectivity index (χ3v) is 3.49. The molecule has 21 heavy (non-hydrogen) atoms. The number of likely N-dealkylation sites (N-methyl/N-ethyl adjacent to an activating group) is 1. The molecule has 0 spiro atoms. The van der Waals surface area contributed by atoms with Gasteiger partial charge in [0.15, 0.2) is 6.61 Å². The van der Waals surface area contributed by atoms with E-state index in [1.54, 1.807) is 0 Å². The van der Waals surface area contributed by atoms with Crippen molar-refractivity contribution in [3.63, 3.8) is 0 Å². The Bertz CT molecular complexity index is 419. The Morgan fingerprint density at radius 1 is 1.29 bits per heavy atom. The zero-order chi connectivity index (χ0) is 16.2. The SMILES string of the molecule is CNC(=O)COC(=O)N1CCN(C(=O)O)CC1C(C)(C)C. The highest BCUT2D eigenvalue weighted by atomic mass is 16.6. The van der Waals surface area contributed by atoms with Gasteiger partial charge in [-0.1, -0.05) is 20.8 Å². The first-order valence-electron chi connectivity index (χ1n) is 6.78. The number of nitrogens with zero attached hydrogens (tertiary/aromatic N) is 2. The molecule has 1 heterocycles. The summed E-state index contributed by atoms with van der Waals surface area (Å²) in [4.78, 5) is 37.1. The molecule has 0 radical (unpaired) electrons. The lowest BCUT2D eigenvalue weighted by Gasteiger charge is -2.45. The third-order valence-electron chi connectivity index (χ3n) is 3.49. The molecule has 1 atom stereocenters. The number of carboxylic acid groups (broad SMARTS) is 1. The van der Waals surface area contributed by atoms with E-state index in [-0.39, 0.29) is 43.6 Å². The molecule has 1 aliphatic heterocycles. The summed E-state index contributed by atoms with van der Waals surface area (Å²) in [6.45, 7) is 6.17. The summed E-state index contributed by atoms with van der Waals surface area (Å²) >= 11 is 0. The van der Waals surface area contributed by atoms with Gasteiger partial charge in [-0.2, -0.15) is 0 Å². The molecule has 1 rings (SSSR count). The zero-order valence-corrected chi connectivity index (χ0v) is 12.9. The molecule has 8 nitrogen and oxygen atoms in total. The molecule has 0 aliphatic carbocycles. The number of carbonyl (C=O) groups is 3. The molecule has 1 unspecified atom stereocenters. The lowest BCUT2D eigenvalue weighted by Crippen LogP contribution is -2.60. The molecule has 1 aliphatic rings. The predicted octanol–water partition coefficient (Wildman–Crippen LogP) is 0.579. The molecule has 0 aromatic rings. The van der Waals surface area contributed by atoms with Crippen LogP contribution in [0.3, 0.4) is 0 Å². The van der Waals surface area contributed by atoms with Crippen LogP contribution in [0.4, 0.5) is 9.59 Å². The van der Waals surface area contributed by atoms with Gasteiger partial charge in [0.1, 0.15) is 0 Å². The number of hydrogen-bond acceptors (Lipinski definition) is 4. The second-order valence-corrected chi connectivity index (χ2v) is 6.03. The van der Waals surface area contributed by atoms with E-state index in [9.17, 15) is 14.4 Å². The van der Waals surface area contributed by atoms with Gasteiger partial charge in [0, 0.05) is 26.7 Å². The van der Waals surface area contributed by atoms with E-state index in [4.69, 9.17) is 9.84 Å². The molecule has 2 N–H and O–H groups in total. The Morgan fingerprint density at radius 2 is 1.90 bits per heavy atom. The molecule has 120 valence electrons. The Morgan fingerprint density at radius 3 is 2.38 bits per heavy atom. The summed E-state index contributed by atoms with van der Waals surface area (Å²) in [6.07, 6.45) is -1.59. The molecule has 0 saturated carbocycles. The van der Waals surface area contributed by atoms with Crippen molar-refractivity contribution in [1.29, 1.82) is 0 Å². The molecule has 0 bridgehead atoms. The van der Waals surface area contributed by atoms with Gasteiger partial charge in [-0.15, -0.1) is 0 Å². The minimum atomic E-state index is -0.998. The number of piperazine rings is 1. The van der Waals surface area contributed by atoms with Gasteiger partial charge in [0.25, 0.3) is 5.91 Å². The first-order chi connectivity index (χ1) is 9.66. The molecular weight excluding hydrogens is 278 g/mol. The predicted molar refractivity (Wildman–Crippen MR) is 75.0 cm³/mol. The average Bonchev–Trinajstić information content (AvgIpc) is 2.42. The summed E-state index contributed by atoms with van der Waals surface area (Å²) < 4.78 is 4.96. The number of amides is 3. The summed E-state index contributed by atoms with van der Waals surface area (Å²) in [5, 5.41) is 11.5. The molecule has 1 fully saturated rings. The van der Waals surface area contributed by atoms with Crippen molar-refractivity contribution in [2.45, 2.75) is 26.8 Å². The largest absolute Gasteiger partial charge is 0.465 e. The fourth-order valence-corrected chi connectivity index (χ4v) is 2.20. The van der Waals surface area contributed by atoms with E-state index in [1.165, 1.54) is 16.8 Å². The van der Waals surface area contributed by atoms with Crippen LogP contribution in [0.15, 0.2) is 0 Å². The average molecular weight is 301 g/mol. The van der Waals surface area contributed by atoms with Crippen LogP contribution in [0.1, 0.15) is 20.8 Å². The van der Waals surface area contributed by atoms with Gasteiger partial charge < -0.3 is 25.0 Å². The van der Waals surface area contributed by atoms with E-state index in [2.05, 4.69) is 5.32 Å². The highest BCUT2D eigenvalue weighted by Crippen LogP contribution is 2.28. The molecule has 8 heteroatoms. The summed E-state index contributed by atoms with van der Waals surface area (Å²) in [5.41, 5.74) is -0.305. The van der Waals surface area contributed by atoms with E-state index >= 15 is 0 Å². The van der Waals surface area contributed by atoms with E-state index in [1.807, 2.05) is 20.8 Å². The monoisotopic (exact) mass is 301 g/mol. The number of hydrogen-bond donors (Lipinski definition) is 2. The van der Waals surface area contributed by atoms with Gasteiger partial charge in [0.2, 0.25) is 0 Å². The second-order valence-electron chi connectivity index (χ2n) is 6.03. The fraction of sp³-hybridized carbons (Fsp3) is 0.769. The maximum atomic E-state index is 12.1. The first-order valence-corrected chi connectivity index (χ1v) is 6.78. The number of carbonyl (C=O) groups excluding carboxylic acids is 2. The molecular formula is C13H23N3O5. The Kier molecular flexibility index (Phi) is 5.40. The topological polar surface area (TPSA) is 99.2 Å². The van der Waals surface area contributed by atoms with Crippen LogP contribution in [-0.2, 0) is 9.53 Å². The second kappa shape index (κ2) is 6.64. The van der Waals surface area contributed by atoms with Crippen LogP contribution in [0, 0.1) is 5.41 Å². The van der Waals surface area contributed by atoms with E-state index in [0.29, 0.717) is 0 Å². The number of rotatable bonds is 2. The quantitative estimate of drug-likeness (QED) is 0.777. The fourth-order valence-electron chi connectivity index (χ4n) is 2.20. The van der Waals surface area contributed by atoms with Crippen molar-refractivity contribution in [3.8, 4) is 0 Å². The highest BCUT2D eigenvalue weighted by Gasteiger charge is 2.40. The Balaban J connectivity index is 2.77. The van der Waals surface area contributed by atoms with Gasteiger partial charge in [-0.05, 0) is 5.41 Å². The first kappa shape index (κ1) is 17.1. The van der Waals surface area contributed by atoms with Crippen molar-refractivity contribution < 1.29 is 24.2 Å². The lowest BCUT2D eigenvalue weighted by atomic mass is 9.84. The van der Waals surface area contributed by atoms with Crippen LogP contribution >= 0.6 is 0 Å². The maximum Gasteiger partial charge on any atom is 0.410 e. The Labute approximate surface area is 124 Å². The summed E-state index contributed by atoms with van der Waals surface area (Å²) in [5.74, 6) is -0.389. The number of ether oxygens (including phenoxy) is 1.